The minimum atomic E-state index is 0.770. The summed E-state index contributed by atoms with van der Waals surface area (Å²) < 4.78 is 0. The van der Waals surface area contributed by atoms with Crippen LogP contribution in [0.4, 0.5) is 0 Å². The fourth-order valence-corrected chi connectivity index (χ4v) is 1.90. The Kier molecular flexibility index (Phi) is 4.97. The van der Waals surface area contributed by atoms with Crippen LogP contribution in [-0.4, -0.2) is 24.6 Å². The van der Waals surface area contributed by atoms with Crippen molar-refractivity contribution >= 4 is 11.3 Å². The van der Waals surface area contributed by atoms with Crippen LogP contribution in [0.25, 0.3) is 0 Å². The molecule has 1 rings (SSSR count). The molecule has 0 unspecified atom stereocenters. The van der Waals surface area contributed by atoms with Crippen LogP contribution in [0.5, 0.6) is 0 Å². The summed E-state index contributed by atoms with van der Waals surface area (Å²) >= 11 is 1.74. The van der Waals surface area contributed by atoms with Gasteiger partial charge < -0.3 is 11.1 Å². The molecule has 0 aliphatic carbocycles. The normalized spacial score (nSPS) is 10.6. The molecule has 0 aromatic carbocycles. The standard InChI is InChI=1S/C9H17N3S/c1-8-9(13-7-12-8)3-6-11-5-2-4-10/h7,11H,2-6,10H2,1H3. The van der Waals surface area contributed by atoms with Crippen molar-refractivity contribution in [1.82, 2.24) is 10.3 Å². The Morgan fingerprint density at radius 2 is 2.38 bits per heavy atom. The summed E-state index contributed by atoms with van der Waals surface area (Å²) in [5.41, 5.74) is 8.46. The first kappa shape index (κ1) is 10.6. The van der Waals surface area contributed by atoms with Gasteiger partial charge in [0.25, 0.3) is 0 Å². The molecule has 0 bridgehead atoms. The molecule has 0 atom stereocenters. The molecule has 0 amide bonds. The third kappa shape index (κ3) is 3.85. The Morgan fingerprint density at radius 3 is 3.00 bits per heavy atom. The average molecular weight is 199 g/mol. The van der Waals surface area contributed by atoms with E-state index in [1.165, 1.54) is 10.6 Å². The molecule has 0 saturated carbocycles. The maximum atomic E-state index is 5.38. The van der Waals surface area contributed by atoms with E-state index in [4.69, 9.17) is 5.73 Å². The summed E-state index contributed by atoms with van der Waals surface area (Å²) in [4.78, 5) is 5.59. The highest BCUT2D eigenvalue weighted by Gasteiger charge is 1.99. The molecular weight excluding hydrogens is 182 g/mol. The first-order valence-corrected chi connectivity index (χ1v) is 5.52. The van der Waals surface area contributed by atoms with Gasteiger partial charge in [-0.15, -0.1) is 11.3 Å². The van der Waals surface area contributed by atoms with Gasteiger partial charge in [-0.2, -0.15) is 0 Å². The lowest BCUT2D eigenvalue weighted by molar-refractivity contribution is 0.654. The molecule has 13 heavy (non-hydrogen) atoms. The second-order valence-corrected chi connectivity index (χ2v) is 3.94. The molecule has 1 aromatic rings. The number of rotatable bonds is 6. The monoisotopic (exact) mass is 199 g/mol. The van der Waals surface area contributed by atoms with Gasteiger partial charge in [-0.3, -0.25) is 0 Å². The first-order valence-electron chi connectivity index (χ1n) is 4.64. The van der Waals surface area contributed by atoms with Crippen molar-refractivity contribution < 1.29 is 0 Å². The van der Waals surface area contributed by atoms with E-state index in [1.54, 1.807) is 11.3 Å². The molecule has 1 aromatic heterocycles. The topological polar surface area (TPSA) is 50.9 Å². The van der Waals surface area contributed by atoms with E-state index in [9.17, 15) is 0 Å². The molecule has 0 saturated heterocycles. The van der Waals surface area contributed by atoms with E-state index in [-0.39, 0.29) is 0 Å². The number of thiazole rings is 1. The number of nitrogens with two attached hydrogens (primary N) is 1. The quantitative estimate of drug-likeness (QED) is 0.670. The van der Waals surface area contributed by atoms with E-state index >= 15 is 0 Å². The van der Waals surface area contributed by atoms with Crippen molar-refractivity contribution in [3.63, 3.8) is 0 Å². The zero-order valence-corrected chi connectivity index (χ0v) is 8.86. The molecular formula is C9H17N3S. The van der Waals surface area contributed by atoms with Crippen LogP contribution >= 0.6 is 11.3 Å². The van der Waals surface area contributed by atoms with Crippen molar-refractivity contribution in [2.45, 2.75) is 19.8 Å². The van der Waals surface area contributed by atoms with Crippen LogP contribution in [0.1, 0.15) is 17.0 Å². The summed E-state index contributed by atoms with van der Waals surface area (Å²) in [5.74, 6) is 0. The number of nitrogens with zero attached hydrogens (tertiary/aromatic N) is 1. The fourth-order valence-electron chi connectivity index (χ4n) is 1.12. The number of hydrogen-bond acceptors (Lipinski definition) is 4. The van der Waals surface area contributed by atoms with Crippen molar-refractivity contribution in [2.75, 3.05) is 19.6 Å². The highest BCUT2D eigenvalue weighted by Crippen LogP contribution is 2.11. The van der Waals surface area contributed by atoms with E-state index < -0.39 is 0 Å². The van der Waals surface area contributed by atoms with Gasteiger partial charge in [0, 0.05) is 11.4 Å². The SMILES string of the molecule is Cc1ncsc1CCNCCCN. The molecule has 4 heteroatoms. The Hall–Kier alpha value is -0.450. The van der Waals surface area contributed by atoms with Crippen LogP contribution in [0.15, 0.2) is 5.51 Å². The third-order valence-electron chi connectivity index (χ3n) is 1.93. The Labute approximate surface area is 83.4 Å². The highest BCUT2D eigenvalue weighted by atomic mass is 32.1. The van der Waals surface area contributed by atoms with Crippen molar-refractivity contribution in [3.05, 3.63) is 16.1 Å². The van der Waals surface area contributed by atoms with Gasteiger partial charge in [-0.05, 0) is 32.9 Å². The van der Waals surface area contributed by atoms with Gasteiger partial charge in [0.05, 0.1) is 11.2 Å². The smallest absolute Gasteiger partial charge is 0.0797 e. The van der Waals surface area contributed by atoms with E-state index in [0.29, 0.717) is 0 Å². The highest BCUT2D eigenvalue weighted by molar-refractivity contribution is 7.09. The molecule has 0 spiro atoms. The second-order valence-electron chi connectivity index (χ2n) is 3.00. The van der Waals surface area contributed by atoms with Crippen LogP contribution < -0.4 is 11.1 Å². The van der Waals surface area contributed by atoms with Gasteiger partial charge in [-0.1, -0.05) is 0 Å². The van der Waals surface area contributed by atoms with Crippen molar-refractivity contribution in [3.8, 4) is 0 Å². The maximum absolute atomic E-state index is 5.38. The predicted molar refractivity (Wildman–Crippen MR) is 57.1 cm³/mol. The molecule has 0 radical (unpaired) electrons. The minimum Gasteiger partial charge on any atom is -0.330 e. The molecule has 0 fully saturated rings. The zero-order chi connectivity index (χ0) is 9.52. The predicted octanol–water partition coefficient (Wildman–Crippen LogP) is 0.932. The number of aromatic nitrogens is 1. The Morgan fingerprint density at radius 1 is 1.54 bits per heavy atom. The van der Waals surface area contributed by atoms with Crippen LogP contribution in [0.3, 0.4) is 0 Å². The van der Waals surface area contributed by atoms with E-state index in [0.717, 1.165) is 32.5 Å². The minimum absolute atomic E-state index is 0.770. The van der Waals surface area contributed by atoms with Gasteiger partial charge in [-0.25, -0.2) is 4.98 Å². The maximum Gasteiger partial charge on any atom is 0.0797 e. The summed E-state index contributed by atoms with van der Waals surface area (Å²) in [7, 11) is 0. The average Bonchev–Trinajstić information content (AvgIpc) is 2.52. The summed E-state index contributed by atoms with van der Waals surface area (Å²) in [6, 6.07) is 0. The second kappa shape index (κ2) is 6.07. The van der Waals surface area contributed by atoms with Crippen LogP contribution in [0.2, 0.25) is 0 Å². The fraction of sp³-hybridized carbons (Fsp3) is 0.667. The van der Waals surface area contributed by atoms with Gasteiger partial charge in [0.15, 0.2) is 0 Å². The summed E-state index contributed by atoms with van der Waals surface area (Å²) in [6.07, 6.45) is 2.14. The van der Waals surface area contributed by atoms with E-state index in [2.05, 4.69) is 17.2 Å². The molecule has 74 valence electrons. The lowest BCUT2D eigenvalue weighted by Crippen LogP contribution is -2.20. The lowest BCUT2D eigenvalue weighted by atomic mass is 10.3. The van der Waals surface area contributed by atoms with Gasteiger partial charge >= 0.3 is 0 Å². The van der Waals surface area contributed by atoms with Crippen molar-refractivity contribution in [1.29, 1.82) is 0 Å². The summed E-state index contributed by atoms with van der Waals surface area (Å²) in [5, 5.41) is 3.35. The van der Waals surface area contributed by atoms with Crippen LogP contribution in [-0.2, 0) is 6.42 Å². The van der Waals surface area contributed by atoms with E-state index in [1.807, 2.05) is 5.51 Å². The van der Waals surface area contributed by atoms with Crippen molar-refractivity contribution in [2.24, 2.45) is 5.73 Å². The summed E-state index contributed by atoms with van der Waals surface area (Å²) in [6.45, 7) is 4.88. The van der Waals surface area contributed by atoms with Crippen LogP contribution in [0, 0.1) is 6.92 Å². The van der Waals surface area contributed by atoms with Gasteiger partial charge in [0.2, 0.25) is 0 Å². The molecule has 3 N–H and O–H groups in total. The first-order chi connectivity index (χ1) is 6.34. The number of hydrogen-bond donors (Lipinski definition) is 2. The Balaban J connectivity index is 2.10. The molecule has 1 heterocycles. The number of aryl methyl sites for hydroxylation is 1. The lowest BCUT2D eigenvalue weighted by Gasteiger charge is -2.02. The molecule has 0 aliphatic heterocycles. The largest absolute Gasteiger partial charge is 0.330 e. The molecule has 3 nitrogen and oxygen atoms in total. The Bertz CT molecular complexity index is 235. The number of nitrogens with one attached hydrogen (secondary N) is 1. The third-order valence-corrected chi connectivity index (χ3v) is 2.93. The molecule has 0 aliphatic rings. The zero-order valence-electron chi connectivity index (χ0n) is 8.05. The van der Waals surface area contributed by atoms with Gasteiger partial charge in [0.1, 0.15) is 0 Å².